The topological polar surface area (TPSA) is 125 Å². The Morgan fingerprint density at radius 2 is 1.85 bits per heavy atom. The van der Waals surface area contributed by atoms with E-state index in [4.69, 9.17) is 14.6 Å². The molecule has 1 atom stereocenters. The molecule has 0 radical (unpaired) electrons. The first-order chi connectivity index (χ1) is 12.6. The van der Waals surface area contributed by atoms with Crippen LogP contribution in [0.15, 0.2) is 53.4 Å². The second kappa shape index (κ2) is 8.60. The maximum atomic E-state index is 13.0. The highest BCUT2D eigenvalue weighted by Crippen LogP contribution is 2.14. The molecule has 27 heavy (non-hydrogen) atoms. The fourth-order valence-corrected chi connectivity index (χ4v) is 2.47. The van der Waals surface area contributed by atoms with E-state index in [9.17, 15) is 22.4 Å². The van der Waals surface area contributed by atoms with Crippen molar-refractivity contribution in [2.75, 3.05) is 11.9 Å². The number of ether oxygens (including phenoxy) is 2. The number of carbonyl (C=O) groups excluding carboxylic acids is 2. The first-order valence-electron chi connectivity index (χ1n) is 7.67. The van der Waals surface area contributed by atoms with Crippen molar-refractivity contribution >= 4 is 27.6 Å². The van der Waals surface area contributed by atoms with Gasteiger partial charge in [-0.15, -0.1) is 0 Å². The molecule has 0 fully saturated rings. The predicted octanol–water partition coefficient (Wildman–Crippen LogP) is 1.42. The molecule has 0 aliphatic heterocycles. The summed E-state index contributed by atoms with van der Waals surface area (Å²) >= 11 is 0. The number of amides is 1. The lowest BCUT2D eigenvalue weighted by molar-refractivity contribution is -0.155. The van der Waals surface area contributed by atoms with Gasteiger partial charge in [0.2, 0.25) is 10.0 Å². The van der Waals surface area contributed by atoms with Gasteiger partial charge in [-0.25, -0.2) is 22.7 Å². The molecule has 8 nitrogen and oxygen atoms in total. The molecule has 2 aromatic carbocycles. The average Bonchev–Trinajstić information content (AvgIpc) is 2.59. The standard InChI is InChI=1S/C17H17FN2O6S/c1-11(26-16(21)10-25-14-4-2-3-12(18)9-14)17(22)20-13-5-7-15(8-6-13)27(19,23)24/h2-9,11H,10H2,1H3,(H,20,22)(H2,19,23,24). The quantitative estimate of drug-likeness (QED) is 0.682. The molecule has 3 N–H and O–H groups in total. The van der Waals surface area contributed by atoms with Gasteiger partial charge in [-0.2, -0.15) is 0 Å². The van der Waals surface area contributed by atoms with Crippen molar-refractivity contribution in [3.8, 4) is 5.75 Å². The number of primary sulfonamides is 1. The second-order valence-electron chi connectivity index (χ2n) is 5.44. The van der Waals surface area contributed by atoms with Crippen molar-refractivity contribution in [3.63, 3.8) is 0 Å². The van der Waals surface area contributed by atoms with Crippen LogP contribution < -0.4 is 15.2 Å². The lowest BCUT2D eigenvalue weighted by Crippen LogP contribution is -2.31. The van der Waals surface area contributed by atoms with E-state index in [0.29, 0.717) is 5.69 Å². The molecule has 0 saturated heterocycles. The minimum atomic E-state index is -3.83. The summed E-state index contributed by atoms with van der Waals surface area (Å²) in [6.45, 7) is 0.859. The van der Waals surface area contributed by atoms with Crippen LogP contribution in [0.1, 0.15) is 6.92 Å². The van der Waals surface area contributed by atoms with Crippen LogP contribution in [0.25, 0.3) is 0 Å². The number of halogens is 1. The summed E-state index contributed by atoms with van der Waals surface area (Å²) in [5, 5.41) is 7.45. The molecule has 0 bridgehead atoms. The SMILES string of the molecule is CC(OC(=O)COc1cccc(F)c1)C(=O)Nc1ccc(S(N)(=O)=O)cc1. The smallest absolute Gasteiger partial charge is 0.344 e. The largest absolute Gasteiger partial charge is 0.482 e. The molecule has 2 rings (SSSR count). The lowest BCUT2D eigenvalue weighted by atomic mass is 10.3. The van der Waals surface area contributed by atoms with Crippen molar-refractivity contribution in [2.45, 2.75) is 17.9 Å². The van der Waals surface area contributed by atoms with Gasteiger partial charge in [0.05, 0.1) is 4.90 Å². The number of hydrogen-bond donors (Lipinski definition) is 2. The zero-order chi connectivity index (χ0) is 20.0. The monoisotopic (exact) mass is 396 g/mol. The summed E-state index contributed by atoms with van der Waals surface area (Å²) in [4.78, 5) is 23.6. The van der Waals surface area contributed by atoms with E-state index in [1.165, 1.54) is 49.4 Å². The molecular weight excluding hydrogens is 379 g/mol. The molecular formula is C17H17FN2O6S. The van der Waals surface area contributed by atoms with Crippen molar-refractivity contribution < 1.29 is 31.9 Å². The van der Waals surface area contributed by atoms with Crippen LogP contribution in [-0.2, 0) is 24.3 Å². The number of nitrogens with two attached hydrogens (primary N) is 1. The van der Waals surface area contributed by atoms with E-state index in [0.717, 1.165) is 6.07 Å². The summed E-state index contributed by atoms with van der Waals surface area (Å²) in [6.07, 6.45) is -1.13. The molecule has 0 aliphatic carbocycles. The van der Waals surface area contributed by atoms with Gasteiger partial charge in [-0.05, 0) is 43.3 Å². The van der Waals surface area contributed by atoms with E-state index in [1.54, 1.807) is 0 Å². The number of nitrogens with one attached hydrogen (secondary N) is 1. The third-order valence-electron chi connectivity index (χ3n) is 3.28. The Labute approximate surface area is 155 Å². The van der Waals surface area contributed by atoms with Gasteiger partial charge < -0.3 is 14.8 Å². The van der Waals surface area contributed by atoms with Gasteiger partial charge in [0.1, 0.15) is 11.6 Å². The summed E-state index contributed by atoms with van der Waals surface area (Å²) in [6, 6.07) is 10.4. The van der Waals surface area contributed by atoms with Crippen LogP contribution in [0.4, 0.5) is 10.1 Å². The third kappa shape index (κ3) is 6.35. The Bertz CT molecular complexity index is 931. The first-order valence-corrected chi connectivity index (χ1v) is 9.21. The fraction of sp³-hybridized carbons (Fsp3) is 0.176. The highest BCUT2D eigenvalue weighted by molar-refractivity contribution is 7.89. The Morgan fingerprint density at radius 3 is 2.44 bits per heavy atom. The number of hydrogen-bond acceptors (Lipinski definition) is 6. The van der Waals surface area contributed by atoms with Gasteiger partial charge in [-0.1, -0.05) is 6.07 Å². The molecule has 1 amide bonds. The molecule has 0 spiro atoms. The summed E-state index contributed by atoms with van der Waals surface area (Å²) in [5.41, 5.74) is 0.298. The van der Waals surface area contributed by atoms with Gasteiger partial charge >= 0.3 is 5.97 Å². The minimum absolute atomic E-state index is 0.102. The summed E-state index contributed by atoms with van der Waals surface area (Å²) in [7, 11) is -3.83. The van der Waals surface area contributed by atoms with Crippen LogP contribution >= 0.6 is 0 Å². The van der Waals surface area contributed by atoms with Gasteiger partial charge in [0, 0.05) is 11.8 Å². The fourth-order valence-electron chi connectivity index (χ4n) is 1.96. The van der Waals surface area contributed by atoms with Gasteiger partial charge in [0.25, 0.3) is 5.91 Å². The molecule has 144 valence electrons. The Hall–Kier alpha value is -2.98. The van der Waals surface area contributed by atoms with Crippen molar-refractivity contribution in [1.82, 2.24) is 0 Å². The molecule has 0 aromatic heterocycles. The molecule has 0 heterocycles. The summed E-state index contributed by atoms with van der Waals surface area (Å²) in [5.74, 6) is -1.80. The molecule has 1 unspecified atom stereocenters. The maximum Gasteiger partial charge on any atom is 0.344 e. The van der Waals surface area contributed by atoms with Crippen molar-refractivity contribution in [3.05, 3.63) is 54.3 Å². The van der Waals surface area contributed by atoms with Gasteiger partial charge in [0.15, 0.2) is 12.7 Å². The van der Waals surface area contributed by atoms with E-state index in [-0.39, 0.29) is 10.6 Å². The van der Waals surface area contributed by atoms with Crippen LogP contribution in [0.3, 0.4) is 0 Å². The average molecular weight is 396 g/mol. The van der Waals surface area contributed by atoms with Crippen LogP contribution in [0, 0.1) is 5.82 Å². The molecule has 0 saturated carbocycles. The first kappa shape index (κ1) is 20.3. The van der Waals surface area contributed by atoms with E-state index in [2.05, 4.69) is 5.32 Å². The number of sulfonamides is 1. The van der Waals surface area contributed by atoms with Crippen LogP contribution in [0.2, 0.25) is 0 Å². The number of esters is 1. The number of benzene rings is 2. The summed E-state index contributed by atoms with van der Waals surface area (Å²) < 4.78 is 45.4. The molecule has 0 aliphatic rings. The van der Waals surface area contributed by atoms with Gasteiger partial charge in [-0.3, -0.25) is 4.79 Å². The highest BCUT2D eigenvalue weighted by Gasteiger charge is 2.18. The Balaban J connectivity index is 1.84. The zero-order valence-electron chi connectivity index (χ0n) is 14.2. The van der Waals surface area contributed by atoms with Crippen molar-refractivity contribution in [2.24, 2.45) is 5.14 Å². The second-order valence-corrected chi connectivity index (χ2v) is 7.00. The third-order valence-corrected chi connectivity index (χ3v) is 4.21. The van der Waals surface area contributed by atoms with Crippen LogP contribution in [-0.4, -0.2) is 33.0 Å². The predicted molar refractivity (Wildman–Crippen MR) is 93.9 cm³/mol. The van der Waals surface area contributed by atoms with E-state index in [1.807, 2.05) is 0 Å². The molecule has 10 heteroatoms. The van der Waals surface area contributed by atoms with E-state index < -0.39 is 40.4 Å². The number of carbonyl (C=O) groups is 2. The highest BCUT2D eigenvalue weighted by atomic mass is 32.2. The zero-order valence-corrected chi connectivity index (χ0v) is 15.0. The normalized spacial score (nSPS) is 12.1. The Kier molecular flexibility index (Phi) is 6.48. The lowest BCUT2D eigenvalue weighted by Gasteiger charge is -2.14. The van der Waals surface area contributed by atoms with Crippen molar-refractivity contribution in [1.29, 1.82) is 0 Å². The van der Waals surface area contributed by atoms with E-state index >= 15 is 0 Å². The Morgan fingerprint density at radius 1 is 1.19 bits per heavy atom. The molecule has 2 aromatic rings. The minimum Gasteiger partial charge on any atom is -0.482 e. The maximum absolute atomic E-state index is 13.0. The van der Waals surface area contributed by atoms with Crippen LogP contribution in [0.5, 0.6) is 5.75 Å². The number of rotatable bonds is 7. The number of anilines is 1.